The monoisotopic (exact) mass is 759 g/mol. The zero-order valence-electron chi connectivity index (χ0n) is 31.9. The molecule has 274 valence electrons. The van der Waals surface area contributed by atoms with E-state index < -0.39 is 0 Å². The number of anilines is 3. The van der Waals surface area contributed by atoms with Crippen LogP contribution in [0, 0.1) is 6.92 Å². The summed E-state index contributed by atoms with van der Waals surface area (Å²) >= 11 is 1.86. The molecule has 2 heterocycles. The maximum Gasteiger partial charge on any atom is 0.159 e. The molecule has 0 atom stereocenters. The summed E-state index contributed by atoms with van der Waals surface area (Å²) in [7, 11) is 0. The fourth-order valence-corrected chi connectivity index (χ4v) is 10.3. The molecule has 0 saturated carbocycles. The number of nitrogens with zero attached hydrogens (tertiary/aromatic N) is 1. The number of benzene rings is 9. The molecule has 2 aromatic heterocycles. The summed E-state index contributed by atoms with van der Waals surface area (Å²) in [6.07, 6.45) is 6.13. The Bertz CT molecular complexity index is 3450. The predicted octanol–water partition coefficient (Wildman–Crippen LogP) is 16.6. The van der Waals surface area contributed by atoms with Crippen molar-refractivity contribution in [2.45, 2.75) is 6.92 Å². The minimum atomic E-state index is 0.846. The van der Waals surface area contributed by atoms with Gasteiger partial charge in [-0.25, -0.2) is 0 Å². The molecule has 0 bridgehead atoms. The molecule has 0 spiro atoms. The Morgan fingerprint density at radius 3 is 2.00 bits per heavy atom. The molecule has 0 aliphatic heterocycles. The van der Waals surface area contributed by atoms with Gasteiger partial charge in [0.25, 0.3) is 0 Å². The van der Waals surface area contributed by atoms with Crippen molar-refractivity contribution in [2.75, 3.05) is 4.90 Å². The second-order valence-corrected chi connectivity index (χ2v) is 15.9. The van der Waals surface area contributed by atoms with Gasteiger partial charge in [0.15, 0.2) is 5.58 Å². The van der Waals surface area contributed by atoms with E-state index in [9.17, 15) is 0 Å². The van der Waals surface area contributed by atoms with Crippen molar-refractivity contribution in [3.05, 3.63) is 206 Å². The van der Waals surface area contributed by atoms with E-state index in [1.807, 2.05) is 23.5 Å². The van der Waals surface area contributed by atoms with Crippen LogP contribution in [0.2, 0.25) is 0 Å². The molecule has 0 N–H and O–H groups in total. The highest BCUT2D eigenvalue weighted by molar-refractivity contribution is 7.26. The first-order chi connectivity index (χ1) is 28.7. The molecule has 9 aromatic carbocycles. The van der Waals surface area contributed by atoms with Crippen molar-refractivity contribution in [1.29, 1.82) is 0 Å². The Morgan fingerprint density at radius 1 is 0.517 bits per heavy atom. The van der Waals surface area contributed by atoms with Crippen LogP contribution in [0.5, 0.6) is 0 Å². The number of rotatable bonds is 7. The smallest absolute Gasteiger partial charge is 0.159 e. The Hall–Kier alpha value is -7.20. The van der Waals surface area contributed by atoms with Crippen LogP contribution in [0.4, 0.5) is 17.1 Å². The molecule has 0 saturated heterocycles. The van der Waals surface area contributed by atoms with Crippen LogP contribution >= 0.6 is 11.3 Å². The maximum atomic E-state index is 6.93. The summed E-state index contributed by atoms with van der Waals surface area (Å²) in [4.78, 5) is 2.50. The summed E-state index contributed by atoms with van der Waals surface area (Å²) in [5, 5.41) is 9.51. The fraction of sp³-hybridized carbons (Fsp3) is 0.0182. The lowest BCUT2D eigenvalue weighted by Crippen LogP contribution is -2.15. The van der Waals surface area contributed by atoms with E-state index in [1.165, 1.54) is 58.4 Å². The molecule has 0 unspecified atom stereocenters. The van der Waals surface area contributed by atoms with E-state index in [4.69, 9.17) is 4.42 Å². The van der Waals surface area contributed by atoms with Crippen LogP contribution in [0.3, 0.4) is 0 Å². The van der Waals surface area contributed by atoms with E-state index >= 15 is 0 Å². The van der Waals surface area contributed by atoms with Gasteiger partial charge in [-0.2, -0.15) is 0 Å². The Balaban J connectivity index is 1.33. The molecule has 0 radical (unpaired) electrons. The third kappa shape index (κ3) is 5.25. The molecule has 0 amide bonds. The number of allylic oxidation sites excluding steroid dienone is 2. The van der Waals surface area contributed by atoms with Crippen molar-refractivity contribution in [3.63, 3.8) is 0 Å². The molecule has 0 aliphatic rings. The first-order valence-corrected chi connectivity index (χ1v) is 20.5. The molecule has 0 aliphatic carbocycles. The average Bonchev–Trinajstić information content (AvgIpc) is 3.86. The first-order valence-electron chi connectivity index (χ1n) is 19.7. The van der Waals surface area contributed by atoms with Crippen LogP contribution in [0.15, 0.2) is 199 Å². The summed E-state index contributed by atoms with van der Waals surface area (Å²) in [5.74, 6) is 0. The zero-order chi connectivity index (χ0) is 38.7. The second-order valence-electron chi connectivity index (χ2n) is 14.8. The Labute approximate surface area is 340 Å². The molecular weight excluding hydrogens is 723 g/mol. The molecular formula is C55H37NOS. The standard InChI is InChI=1S/C55H37NOS/c1-3-4-20-37-35(2)53(52(44-26-8-7-22-39(37)44)43-27-15-19-36-18-5-6-21-38(36)43)56(49-32-17-28-45-41-24-10-13-33-50(41)57-54(45)49)48-31-12-9-23-40(48)46-29-16-30-47-42-25-11-14-34-51(42)58-55(46)47/h3-34H,1H2,2H3/b20-4-. The van der Waals surface area contributed by atoms with Gasteiger partial charge < -0.3 is 9.32 Å². The van der Waals surface area contributed by atoms with Crippen molar-refractivity contribution < 1.29 is 4.42 Å². The van der Waals surface area contributed by atoms with Crippen molar-refractivity contribution >= 4 is 98.1 Å². The number of thiophene rings is 1. The van der Waals surface area contributed by atoms with Crippen molar-refractivity contribution in [3.8, 4) is 22.3 Å². The van der Waals surface area contributed by atoms with Gasteiger partial charge >= 0.3 is 0 Å². The first kappa shape index (κ1) is 34.1. The number of fused-ring (bicyclic) bond motifs is 8. The highest BCUT2D eigenvalue weighted by Crippen LogP contribution is 2.54. The van der Waals surface area contributed by atoms with Gasteiger partial charge in [0.1, 0.15) is 5.58 Å². The van der Waals surface area contributed by atoms with Crippen molar-refractivity contribution in [2.24, 2.45) is 0 Å². The summed E-state index contributed by atoms with van der Waals surface area (Å²) < 4.78 is 9.50. The molecule has 2 nitrogen and oxygen atoms in total. The topological polar surface area (TPSA) is 16.4 Å². The van der Waals surface area contributed by atoms with Gasteiger partial charge in [-0.3, -0.25) is 0 Å². The number of hydrogen-bond acceptors (Lipinski definition) is 3. The third-order valence-corrected chi connectivity index (χ3v) is 12.8. The van der Waals surface area contributed by atoms with Gasteiger partial charge in [0.05, 0.1) is 17.1 Å². The lowest BCUT2D eigenvalue weighted by Gasteiger charge is -2.33. The van der Waals surface area contributed by atoms with Gasteiger partial charge in [0.2, 0.25) is 0 Å². The van der Waals surface area contributed by atoms with Crippen LogP contribution in [-0.4, -0.2) is 0 Å². The van der Waals surface area contributed by atoms with Crippen LogP contribution in [-0.2, 0) is 0 Å². The Morgan fingerprint density at radius 2 is 1.12 bits per heavy atom. The number of hydrogen-bond donors (Lipinski definition) is 0. The number of furan rings is 1. The van der Waals surface area contributed by atoms with E-state index in [-0.39, 0.29) is 0 Å². The van der Waals surface area contributed by atoms with Gasteiger partial charge in [-0.15, -0.1) is 11.3 Å². The highest BCUT2D eigenvalue weighted by atomic mass is 32.1. The van der Waals surface area contributed by atoms with E-state index in [0.29, 0.717) is 0 Å². The van der Waals surface area contributed by atoms with E-state index in [0.717, 1.165) is 55.7 Å². The molecule has 58 heavy (non-hydrogen) atoms. The van der Waals surface area contributed by atoms with Gasteiger partial charge in [0, 0.05) is 47.6 Å². The fourth-order valence-electron chi connectivity index (χ4n) is 9.09. The minimum absolute atomic E-state index is 0.846. The SMILES string of the molecule is C=C/C=C\c1c(C)c(N(c2ccccc2-c2cccc3c2sc2ccccc23)c2cccc3c2oc2ccccc23)c(-c2cccc3ccccc23)c2ccccc12. The van der Waals surface area contributed by atoms with Crippen LogP contribution in [0.25, 0.3) is 92.0 Å². The predicted molar refractivity (Wildman–Crippen MR) is 251 cm³/mol. The highest BCUT2D eigenvalue weighted by Gasteiger charge is 2.29. The van der Waals surface area contributed by atoms with E-state index in [1.54, 1.807) is 0 Å². The second kappa shape index (κ2) is 13.8. The average molecular weight is 760 g/mol. The third-order valence-electron chi connectivity index (χ3n) is 11.6. The van der Waals surface area contributed by atoms with Gasteiger partial charge in [-0.05, 0) is 69.4 Å². The largest absolute Gasteiger partial charge is 0.454 e. The lowest BCUT2D eigenvalue weighted by molar-refractivity contribution is 0.669. The summed E-state index contributed by atoms with van der Waals surface area (Å²) in [5.41, 5.74) is 11.9. The van der Waals surface area contributed by atoms with Gasteiger partial charge in [-0.1, -0.05) is 176 Å². The lowest BCUT2D eigenvalue weighted by atomic mass is 9.86. The summed E-state index contributed by atoms with van der Waals surface area (Å²) in [6, 6.07) is 63.6. The molecule has 0 fully saturated rings. The maximum absolute atomic E-state index is 6.93. The van der Waals surface area contributed by atoms with Crippen molar-refractivity contribution in [1.82, 2.24) is 0 Å². The normalized spacial score (nSPS) is 11.9. The quantitative estimate of drug-likeness (QED) is 0.150. The molecule has 3 heteroatoms. The molecule has 11 aromatic rings. The van der Waals surface area contributed by atoms with E-state index in [2.05, 4.69) is 200 Å². The Kier molecular flexibility index (Phi) is 8.09. The summed E-state index contributed by atoms with van der Waals surface area (Å²) in [6.45, 7) is 6.35. The zero-order valence-corrected chi connectivity index (χ0v) is 32.8. The van der Waals surface area contributed by atoms with Crippen LogP contribution < -0.4 is 4.90 Å². The molecule has 11 rings (SSSR count). The number of para-hydroxylation sites is 3. The van der Waals surface area contributed by atoms with Crippen LogP contribution in [0.1, 0.15) is 11.1 Å². The minimum Gasteiger partial charge on any atom is -0.454 e.